The van der Waals surface area contributed by atoms with Crippen LogP contribution in [0.4, 0.5) is 8.63 Å². The van der Waals surface area contributed by atoms with E-state index in [1.165, 1.54) is 0 Å². The van der Waals surface area contributed by atoms with Gasteiger partial charge in [0.05, 0.1) is 0 Å². The van der Waals surface area contributed by atoms with Gasteiger partial charge < -0.3 is 4.98 Å². The Hall–Kier alpha value is -1.65. The standard InChI is InChI=1S/C15H19BF2N2/c1-10-6-11(2)19-14(10)8-13-7-12(15(3,4)5)9-20(13)16(17)18/h6-9H,1-5H3/p+1. The molecule has 5 heteroatoms. The molecule has 0 spiro atoms. The predicted octanol–water partition coefficient (Wildman–Crippen LogP) is 3.97. The van der Waals surface area contributed by atoms with Crippen LogP contribution in [-0.4, -0.2) is 23.1 Å². The lowest BCUT2D eigenvalue weighted by molar-refractivity contribution is -0.335. The van der Waals surface area contributed by atoms with Crippen LogP contribution in [-0.2, 0) is 0 Å². The zero-order valence-corrected chi connectivity index (χ0v) is 12.6. The first kappa shape index (κ1) is 14.8. The van der Waals surface area contributed by atoms with Crippen molar-refractivity contribution in [2.75, 3.05) is 0 Å². The van der Waals surface area contributed by atoms with Gasteiger partial charge in [-0.05, 0) is 30.9 Å². The summed E-state index contributed by atoms with van der Waals surface area (Å²) < 4.78 is 27.4. The van der Waals surface area contributed by atoms with E-state index in [1.807, 2.05) is 46.8 Å². The quantitative estimate of drug-likeness (QED) is 0.789. The van der Waals surface area contributed by atoms with Gasteiger partial charge in [0.1, 0.15) is 0 Å². The van der Waals surface area contributed by atoms with Gasteiger partial charge in [-0.25, -0.2) is 13.1 Å². The molecule has 106 valence electrons. The van der Waals surface area contributed by atoms with Gasteiger partial charge in [0.15, 0.2) is 11.9 Å². The number of H-pyrrole nitrogens is 1. The van der Waals surface area contributed by atoms with E-state index < -0.39 is 7.40 Å². The van der Waals surface area contributed by atoms with E-state index in [0.717, 1.165) is 27.0 Å². The number of aromatic amines is 1. The van der Waals surface area contributed by atoms with E-state index in [1.54, 1.807) is 12.3 Å². The van der Waals surface area contributed by atoms with Crippen LogP contribution >= 0.6 is 0 Å². The van der Waals surface area contributed by atoms with Gasteiger partial charge in [-0.3, -0.25) is 0 Å². The minimum absolute atomic E-state index is 0.149. The van der Waals surface area contributed by atoms with Crippen LogP contribution in [0.3, 0.4) is 0 Å². The molecular weight excluding hydrogens is 257 g/mol. The molecule has 1 aliphatic heterocycles. The second-order valence-electron chi connectivity index (χ2n) is 6.28. The van der Waals surface area contributed by atoms with Gasteiger partial charge in [0.25, 0.3) is 0 Å². The highest BCUT2D eigenvalue weighted by Gasteiger charge is 2.41. The highest BCUT2D eigenvalue weighted by molar-refractivity contribution is 6.34. The van der Waals surface area contributed by atoms with Crippen molar-refractivity contribution in [2.45, 2.75) is 34.6 Å². The first-order valence-electron chi connectivity index (χ1n) is 6.70. The number of rotatable bonds is 2. The maximum Gasteiger partial charge on any atom is 0.934 e. The van der Waals surface area contributed by atoms with Crippen molar-refractivity contribution < 1.29 is 13.1 Å². The fourth-order valence-electron chi connectivity index (χ4n) is 2.24. The van der Waals surface area contributed by atoms with Crippen molar-refractivity contribution >= 4 is 19.7 Å². The summed E-state index contributed by atoms with van der Waals surface area (Å²) in [5.74, 6) is 0. The first-order valence-corrected chi connectivity index (χ1v) is 6.70. The molecule has 2 rings (SSSR count). The highest BCUT2D eigenvalue weighted by Crippen LogP contribution is 2.30. The maximum atomic E-state index is 13.2. The van der Waals surface area contributed by atoms with Crippen molar-refractivity contribution in [3.63, 3.8) is 0 Å². The largest absolute Gasteiger partial charge is 0.934 e. The van der Waals surface area contributed by atoms with E-state index in [9.17, 15) is 8.63 Å². The van der Waals surface area contributed by atoms with Gasteiger partial charge in [-0.2, -0.15) is 0 Å². The number of nitrogens with zero attached hydrogens (tertiary/aromatic N) is 1. The molecule has 20 heavy (non-hydrogen) atoms. The smallest absolute Gasteiger partial charge is 0.359 e. The Morgan fingerprint density at radius 2 is 1.90 bits per heavy atom. The molecule has 0 saturated carbocycles. The number of halogens is 2. The lowest BCUT2D eigenvalue weighted by atomic mass is 9.87. The monoisotopic (exact) mass is 277 g/mol. The Morgan fingerprint density at radius 1 is 1.25 bits per heavy atom. The Morgan fingerprint density at radius 3 is 2.35 bits per heavy atom. The average Bonchev–Trinajstić information content (AvgIpc) is 2.83. The van der Waals surface area contributed by atoms with E-state index >= 15 is 0 Å². The summed E-state index contributed by atoms with van der Waals surface area (Å²) in [6.45, 7) is 9.98. The van der Waals surface area contributed by atoms with Gasteiger partial charge in [0.2, 0.25) is 0 Å². The van der Waals surface area contributed by atoms with Crippen LogP contribution in [0, 0.1) is 19.3 Å². The van der Waals surface area contributed by atoms with Gasteiger partial charge >= 0.3 is 7.40 Å². The molecule has 0 saturated heterocycles. The third-order valence-electron chi connectivity index (χ3n) is 3.44. The highest BCUT2D eigenvalue weighted by atomic mass is 19.2. The lowest BCUT2D eigenvalue weighted by Gasteiger charge is -2.14. The molecule has 2 heterocycles. The molecular formula is C15H20BF2N2+. The molecule has 1 aliphatic rings. The topological polar surface area (TPSA) is 18.8 Å². The number of hydrogen-bond donors (Lipinski definition) is 1. The number of aryl methyl sites for hydroxylation is 2. The number of hydrogen-bond acceptors (Lipinski definition) is 0. The molecule has 1 aromatic rings. The fourth-order valence-corrected chi connectivity index (χ4v) is 2.24. The molecule has 0 aromatic carbocycles. The average molecular weight is 277 g/mol. The Bertz CT molecular complexity index is 616. The van der Waals surface area contributed by atoms with Gasteiger partial charge in [-0.15, -0.1) is 0 Å². The minimum atomic E-state index is -2.53. The Balaban J connectivity index is 2.47. The third kappa shape index (κ3) is 2.92. The van der Waals surface area contributed by atoms with Crippen molar-refractivity contribution in [3.05, 3.63) is 40.4 Å². The number of aromatic nitrogens is 1. The van der Waals surface area contributed by atoms with Crippen LogP contribution in [0.5, 0.6) is 0 Å². The van der Waals surface area contributed by atoms with Crippen molar-refractivity contribution in [2.24, 2.45) is 5.41 Å². The number of allylic oxidation sites excluding steroid dienone is 2. The molecule has 0 unspecified atom stereocenters. The van der Waals surface area contributed by atoms with Crippen LogP contribution < -0.4 is 0 Å². The molecule has 2 nitrogen and oxygen atoms in total. The summed E-state index contributed by atoms with van der Waals surface area (Å²) in [6, 6.07) is 2.01. The maximum absolute atomic E-state index is 13.2. The second kappa shape index (κ2) is 5.04. The van der Waals surface area contributed by atoms with Crippen molar-refractivity contribution in [1.29, 1.82) is 0 Å². The first-order chi connectivity index (χ1) is 9.18. The van der Waals surface area contributed by atoms with Crippen molar-refractivity contribution in [3.8, 4) is 0 Å². The van der Waals surface area contributed by atoms with Gasteiger partial charge in [-0.1, -0.05) is 20.8 Å². The summed E-state index contributed by atoms with van der Waals surface area (Å²) in [4.78, 5) is 3.19. The van der Waals surface area contributed by atoms with Crippen LogP contribution in [0.25, 0.3) is 6.08 Å². The zero-order chi connectivity index (χ0) is 15.1. The van der Waals surface area contributed by atoms with E-state index in [4.69, 9.17) is 0 Å². The summed E-state index contributed by atoms with van der Waals surface area (Å²) in [7, 11) is -2.53. The van der Waals surface area contributed by atoms with E-state index in [2.05, 4.69) is 4.98 Å². The van der Waals surface area contributed by atoms with Gasteiger partial charge in [0, 0.05) is 29.1 Å². The molecule has 0 aliphatic carbocycles. The molecule has 1 N–H and O–H groups in total. The lowest BCUT2D eigenvalue weighted by Crippen LogP contribution is -2.21. The predicted molar refractivity (Wildman–Crippen MR) is 80.1 cm³/mol. The Labute approximate surface area is 119 Å². The second-order valence-corrected chi connectivity index (χ2v) is 6.28. The Kier molecular flexibility index (Phi) is 3.72. The summed E-state index contributed by atoms with van der Waals surface area (Å²) in [6.07, 6.45) is 5.16. The fraction of sp³-hybridized carbons (Fsp3) is 0.400. The molecule has 0 atom stereocenters. The normalized spacial score (nSPS) is 17.4. The number of nitrogens with one attached hydrogen (secondary N) is 1. The summed E-state index contributed by atoms with van der Waals surface area (Å²) in [5, 5.41) is 0. The van der Waals surface area contributed by atoms with Crippen LogP contribution in [0.15, 0.2) is 23.4 Å². The van der Waals surface area contributed by atoms with Crippen LogP contribution in [0.2, 0.25) is 0 Å². The molecule has 0 radical (unpaired) electrons. The minimum Gasteiger partial charge on any atom is -0.359 e. The van der Waals surface area contributed by atoms with Crippen molar-refractivity contribution in [1.82, 2.24) is 4.98 Å². The SMILES string of the molecule is Cc1cc(C)c(/C=C2/C=C(C(C)(C)C)C=[N+]2B(F)F)[nH]1. The summed E-state index contributed by atoms with van der Waals surface area (Å²) >= 11 is 0. The third-order valence-corrected chi connectivity index (χ3v) is 3.44. The molecule has 0 bridgehead atoms. The van der Waals surface area contributed by atoms with E-state index in [0.29, 0.717) is 5.70 Å². The van der Waals surface area contributed by atoms with Crippen LogP contribution in [0.1, 0.15) is 37.7 Å². The van der Waals surface area contributed by atoms with E-state index in [-0.39, 0.29) is 5.41 Å². The molecule has 0 fully saturated rings. The summed E-state index contributed by atoms with van der Waals surface area (Å²) in [5.41, 5.74) is 4.24. The zero-order valence-electron chi connectivity index (χ0n) is 12.6. The molecule has 1 aromatic heterocycles. The molecule has 0 amide bonds.